The van der Waals surface area contributed by atoms with Crippen molar-refractivity contribution in [3.8, 4) is 0 Å². The number of hydrogen-bond acceptors (Lipinski definition) is 1. The molecule has 0 bridgehead atoms. The third kappa shape index (κ3) is 4.80. The maximum Gasteiger partial charge on any atom is 0.00388 e. The van der Waals surface area contributed by atoms with Gasteiger partial charge in [-0.25, -0.2) is 0 Å². The van der Waals surface area contributed by atoms with Gasteiger partial charge in [-0.3, -0.25) is 0 Å². The second kappa shape index (κ2) is 4.73. The van der Waals surface area contributed by atoms with E-state index in [2.05, 4.69) is 0 Å². The largest absolute Gasteiger partial charge is 0.328 e. The second-order valence-corrected chi connectivity index (χ2v) is 3.46. The average Bonchev–Trinajstić information content (AvgIpc) is 2.73. The fourth-order valence-corrected chi connectivity index (χ4v) is 1.13. The van der Waals surface area contributed by atoms with Gasteiger partial charge < -0.3 is 5.73 Å². The Morgan fingerprint density at radius 2 is 1.10 bits per heavy atom. The molecule has 0 saturated heterocycles. The van der Waals surface area contributed by atoms with Gasteiger partial charge in [0.15, 0.2) is 0 Å². The highest BCUT2D eigenvalue weighted by Gasteiger charge is 2.06. The Hall–Kier alpha value is -0.0400. The molecule has 0 aromatic heterocycles. The third-order valence-electron chi connectivity index (χ3n) is 2.00. The van der Waals surface area contributed by atoms with Crippen LogP contribution in [0.2, 0.25) is 0 Å². The highest BCUT2D eigenvalue weighted by atomic mass is 14.6. The van der Waals surface area contributed by atoms with Crippen molar-refractivity contribution in [2.24, 2.45) is 5.73 Å². The second-order valence-electron chi connectivity index (χ2n) is 3.46. The quantitative estimate of drug-likeness (QED) is 0.551. The molecule has 0 atom stereocenters. The normalized spacial score (nSPS) is 24.9. The van der Waals surface area contributed by atoms with E-state index in [0.717, 1.165) is 0 Å². The molecule has 0 radical (unpaired) electrons. The summed E-state index contributed by atoms with van der Waals surface area (Å²) in [6.07, 6.45) is 11.2. The molecule has 2 fully saturated rings. The van der Waals surface area contributed by atoms with Crippen molar-refractivity contribution in [2.75, 3.05) is 0 Å². The summed E-state index contributed by atoms with van der Waals surface area (Å²) in [6.45, 7) is 0. The summed E-state index contributed by atoms with van der Waals surface area (Å²) >= 11 is 0. The molecule has 0 spiro atoms. The number of nitrogens with two attached hydrogens (primary N) is 1. The predicted molar refractivity (Wildman–Crippen MR) is 44.9 cm³/mol. The van der Waals surface area contributed by atoms with E-state index in [1.165, 1.54) is 51.4 Å². The van der Waals surface area contributed by atoms with Crippen molar-refractivity contribution < 1.29 is 0 Å². The van der Waals surface area contributed by atoms with E-state index in [1.807, 2.05) is 0 Å². The molecule has 0 aromatic rings. The van der Waals surface area contributed by atoms with Crippen LogP contribution in [0.5, 0.6) is 0 Å². The van der Waals surface area contributed by atoms with E-state index in [4.69, 9.17) is 5.73 Å². The Bertz CT molecular complexity index is 70.0. The molecule has 0 aromatic carbocycles. The molecule has 1 heteroatoms. The number of rotatable bonds is 0. The molecule has 1 nitrogen and oxygen atoms in total. The van der Waals surface area contributed by atoms with E-state index >= 15 is 0 Å². The Kier molecular flexibility index (Phi) is 3.81. The summed E-state index contributed by atoms with van der Waals surface area (Å²) in [4.78, 5) is 0. The highest BCUT2D eigenvalue weighted by Crippen LogP contribution is 2.15. The Morgan fingerprint density at radius 1 is 0.700 bits per heavy atom. The van der Waals surface area contributed by atoms with Crippen molar-refractivity contribution in [2.45, 2.75) is 57.4 Å². The van der Waals surface area contributed by atoms with E-state index < -0.39 is 0 Å². The van der Waals surface area contributed by atoms with Gasteiger partial charge in [0.05, 0.1) is 0 Å². The molecule has 2 rings (SSSR count). The molecule has 0 amide bonds. The lowest BCUT2D eigenvalue weighted by Gasteiger charge is -2.15. The standard InChI is InChI=1S/C6H13N.C3H6/c7-6-4-2-1-3-5-6;1-2-3-1/h6H,1-5,7H2;1-3H2. The van der Waals surface area contributed by atoms with Crippen LogP contribution in [0.1, 0.15) is 51.4 Å². The topological polar surface area (TPSA) is 26.0 Å². The zero-order valence-electron chi connectivity index (χ0n) is 6.81. The first-order chi connectivity index (χ1) is 4.89. The molecule has 10 heavy (non-hydrogen) atoms. The molecule has 2 aliphatic carbocycles. The summed E-state index contributed by atoms with van der Waals surface area (Å²) in [5, 5.41) is 0. The molecule has 0 aliphatic heterocycles. The maximum atomic E-state index is 5.63. The van der Waals surface area contributed by atoms with Gasteiger partial charge in [-0.15, -0.1) is 0 Å². The molecule has 2 N–H and O–H groups in total. The first-order valence-electron chi connectivity index (χ1n) is 4.65. The summed E-state index contributed by atoms with van der Waals surface area (Å²) in [5.41, 5.74) is 5.63. The van der Waals surface area contributed by atoms with Crippen LogP contribution >= 0.6 is 0 Å². The van der Waals surface area contributed by atoms with Gasteiger partial charge in [0.2, 0.25) is 0 Å². The minimum Gasteiger partial charge on any atom is -0.328 e. The molecule has 60 valence electrons. The van der Waals surface area contributed by atoms with Crippen LogP contribution in [0.4, 0.5) is 0 Å². The van der Waals surface area contributed by atoms with E-state index in [0.29, 0.717) is 6.04 Å². The predicted octanol–water partition coefficient (Wildman–Crippen LogP) is 2.45. The van der Waals surface area contributed by atoms with Crippen LogP contribution in [0.3, 0.4) is 0 Å². The van der Waals surface area contributed by atoms with Crippen LogP contribution < -0.4 is 5.73 Å². The van der Waals surface area contributed by atoms with Gasteiger partial charge in [-0.05, 0) is 12.8 Å². The first kappa shape index (κ1) is 8.06. The molecular formula is C9H19N. The van der Waals surface area contributed by atoms with Gasteiger partial charge in [0.1, 0.15) is 0 Å². The Balaban J connectivity index is 0.000000138. The lowest BCUT2D eigenvalue weighted by molar-refractivity contribution is 0.441. The lowest BCUT2D eigenvalue weighted by Crippen LogP contribution is -2.22. The van der Waals surface area contributed by atoms with Gasteiger partial charge >= 0.3 is 0 Å². The summed E-state index contributed by atoms with van der Waals surface area (Å²) in [5.74, 6) is 0. The van der Waals surface area contributed by atoms with Crippen LogP contribution in [-0.4, -0.2) is 6.04 Å². The van der Waals surface area contributed by atoms with Crippen molar-refractivity contribution in [1.82, 2.24) is 0 Å². The van der Waals surface area contributed by atoms with Gasteiger partial charge in [0.25, 0.3) is 0 Å². The Morgan fingerprint density at radius 3 is 1.30 bits per heavy atom. The van der Waals surface area contributed by atoms with Gasteiger partial charge in [-0.2, -0.15) is 0 Å². The van der Waals surface area contributed by atoms with Crippen molar-refractivity contribution in [3.63, 3.8) is 0 Å². The fraction of sp³-hybridized carbons (Fsp3) is 1.00. The van der Waals surface area contributed by atoms with Crippen molar-refractivity contribution in [1.29, 1.82) is 0 Å². The smallest absolute Gasteiger partial charge is 0.00388 e. The summed E-state index contributed by atoms with van der Waals surface area (Å²) < 4.78 is 0. The number of hydrogen-bond donors (Lipinski definition) is 1. The van der Waals surface area contributed by atoms with Crippen molar-refractivity contribution >= 4 is 0 Å². The monoisotopic (exact) mass is 141 g/mol. The minimum atomic E-state index is 0.536. The SMILES string of the molecule is C1CC1.NC1CCCCC1. The molecule has 2 saturated carbocycles. The molecule has 0 unspecified atom stereocenters. The fourth-order valence-electron chi connectivity index (χ4n) is 1.13. The van der Waals surface area contributed by atoms with Crippen molar-refractivity contribution in [3.05, 3.63) is 0 Å². The van der Waals surface area contributed by atoms with E-state index in [-0.39, 0.29) is 0 Å². The van der Waals surface area contributed by atoms with E-state index in [9.17, 15) is 0 Å². The molecule has 2 aliphatic rings. The highest BCUT2D eigenvalue weighted by molar-refractivity contribution is 4.66. The molecular weight excluding hydrogens is 122 g/mol. The first-order valence-corrected chi connectivity index (χ1v) is 4.65. The summed E-state index contributed by atoms with van der Waals surface area (Å²) in [6, 6.07) is 0.536. The molecule has 0 heterocycles. The van der Waals surface area contributed by atoms with Crippen LogP contribution in [0.15, 0.2) is 0 Å². The van der Waals surface area contributed by atoms with Crippen LogP contribution in [0, 0.1) is 0 Å². The van der Waals surface area contributed by atoms with Gasteiger partial charge in [0, 0.05) is 6.04 Å². The van der Waals surface area contributed by atoms with Gasteiger partial charge in [-0.1, -0.05) is 38.5 Å². The van der Waals surface area contributed by atoms with Crippen LogP contribution in [-0.2, 0) is 0 Å². The average molecular weight is 141 g/mol. The summed E-state index contributed by atoms with van der Waals surface area (Å²) in [7, 11) is 0. The van der Waals surface area contributed by atoms with Crippen LogP contribution in [0.25, 0.3) is 0 Å². The Labute approximate surface area is 64.0 Å². The lowest BCUT2D eigenvalue weighted by atomic mass is 9.97. The van der Waals surface area contributed by atoms with E-state index in [1.54, 1.807) is 0 Å². The zero-order valence-corrected chi connectivity index (χ0v) is 6.81. The zero-order chi connectivity index (χ0) is 7.23. The maximum absolute atomic E-state index is 5.63. The third-order valence-corrected chi connectivity index (χ3v) is 2.00. The minimum absolute atomic E-state index is 0.536.